The van der Waals surface area contributed by atoms with Crippen LogP contribution in [0.1, 0.15) is 30.6 Å². The van der Waals surface area contributed by atoms with Gasteiger partial charge in [-0.05, 0) is 42.0 Å². The fraction of sp³-hybridized carbons (Fsp3) is 0.500. The van der Waals surface area contributed by atoms with Crippen LogP contribution in [0.4, 0.5) is 0 Å². The van der Waals surface area contributed by atoms with Crippen LogP contribution in [0.5, 0.6) is 0 Å². The molecule has 0 spiro atoms. The van der Waals surface area contributed by atoms with Crippen LogP contribution >= 0.6 is 11.6 Å². The number of rotatable bonds is 3. The molecule has 0 bridgehead atoms. The lowest BCUT2D eigenvalue weighted by molar-refractivity contribution is 0.108. The molecule has 0 radical (unpaired) electrons. The van der Waals surface area contributed by atoms with E-state index in [2.05, 4.69) is 13.8 Å². The second kappa shape index (κ2) is 5.84. The molecule has 1 aromatic carbocycles. The molecule has 20 heavy (non-hydrogen) atoms. The Morgan fingerprint density at radius 3 is 2.40 bits per heavy atom. The molecule has 1 aromatic rings. The lowest BCUT2D eigenvalue weighted by Crippen LogP contribution is -2.42. The Balaban J connectivity index is 2.34. The molecule has 4 nitrogen and oxygen atoms in total. The van der Waals surface area contributed by atoms with Gasteiger partial charge in [0.25, 0.3) is 5.24 Å². The number of carbonyl (C=O) groups excluding carboxylic acids is 1. The number of hydrogen-bond donors (Lipinski definition) is 0. The summed E-state index contributed by atoms with van der Waals surface area (Å²) in [5, 5.41) is -0.651. The molecule has 0 saturated carbocycles. The van der Waals surface area contributed by atoms with Crippen LogP contribution in [0, 0.1) is 11.8 Å². The minimum absolute atomic E-state index is 0.130. The largest absolute Gasteiger partial charge is 0.276 e. The first kappa shape index (κ1) is 15.5. The van der Waals surface area contributed by atoms with Gasteiger partial charge in [-0.15, -0.1) is 0 Å². The predicted molar refractivity (Wildman–Crippen MR) is 78.3 cm³/mol. The highest BCUT2D eigenvalue weighted by Crippen LogP contribution is 2.27. The molecule has 2 rings (SSSR count). The first-order valence-corrected chi connectivity index (χ1v) is 8.42. The van der Waals surface area contributed by atoms with Gasteiger partial charge in [0.1, 0.15) is 0 Å². The SMILES string of the molecule is CC1CC(C)CN(S(=O)(=O)c2cccc(C(=O)Cl)c2)C1. The van der Waals surface area contributed by atoms with Crippen LogP contribution in [-0.4, -0.2) is 31.1 Å². The molecule has 2 unspecified atom stereocenters. The van der Waals surface area contributed by atoms with Crippen LogP contribution in [0.3, 0.4) is 0 Å². The van der Waals surface area contributed by atoms with Gasteiger partial charge >= 0.3 is 0 Å². The molecule has 1 saturated heterocycles. The van der Waals surface area contributed by atoms with Crippen molar-refractivity contribution >= 4 is 26.9 Å². The van der Waals surface area contributed by atoms with Gasteiger partial charge in [0, 0.05) is 18.7 Å². The van der Waals surface area contributed by atoms with Gasteiger partial charge in [-0.3, -0.25) is 4.79 Å². The van der Waals surface area contributed by atoms with E-state index in [1.54, 1.807) is 6.07 Å². The second-order valence-corrected chi connectivity index (χ2v) is 7.85. The monoisotopic (exact) mass is 315 g/mol. The summed E-state index contributed by atoms with van der Waals surface area (Å²) in [6, 6.07) is 5.90. The fourth-order valence-electron chi connectivity index (χ4n) is 2.73. The predicted octanol–water partition coefficient (Wildman–Crippen LogP) is 2.73. The summed E-state index contributed by atoms with van der Waals surface area (Å²) in [7, 11) is -3.56. The standard InChI is InChI=1S/C14H18ClNO3S/c1-10-6-11(2)9-16(8-10)20(18,19)13-5-3-4-12(7-13)14(15)17/h3-5,7,10-11H,6,8-9H2,1-2H3. The van der Waals surface area contributed by atoms with E-state index < -0.39 is 15.3 Å². The van der Waals surface area contributed by atoms with Gasteiger partial charge in [0.05, 0.1) is 4.90 Å². The van der Waals surface area contributed by atoms with Crippen molar-refractivity contribution < 1.29 is 13.2 Å². The van der Waals surface area contributed by atoms with E-state index in [0.29, 0.717) is 24.9 Å². The van der Waals surface area contributed by atoms with Crippen molar-refractivity contribution in [3.63, 3.8) is 0 Å². The van der Waals surface area contributed by atoms with Crippen molar-refractivity contribution in [2.45, 2.75) is 25.2 Å². The van der Waals surface area contributed by atoms with Crippen LogP contribution in [0.2, 0.25) is 0 Å². The summed E-state index contributed by atoms with van der Waals surface area (Å²) in [5.74, 6) is 0.678. The molecular formula is C14H18ClNO3S. The fourth-order valence-corrected chi connectivity index (χ4v) is 4.57. The lowest BCUT2D eigenvalue weighted by atomic mass is 9.94. The topological polar surface area (TPSA) is 54.5 Å². The Hall–Kier alpha value is -0.910. The van der Waals surface area contributed by atoms with Gasteiger partial charge in [-0.2, -0.15) is 4.31 Å². The molecule has 110 valence electrons. The third-order valence-electron chi connectivity index (χ3n) is 3.53. The molecule has 1 aliphatic heterocycles. The number of halogens is 1. The third-order valence-corrected chi connectivity index (χ3v) is 5.58. The number of carbonyl (C=O) groups is 1. The van der Waals surface area contributed by atoms with Crippen molar-refractivity contribution in [2.24, 2.45) is 11.8 Å². The summed E-state index contributed by atoms with van der Waals surface area (Å²) in [5.41, 5.74) is 0.200. The van der Waals surface area contributed by atoms with Gasteiger partial charge in [0.15, 0.2) is 0 Å². The Kier molecular flexibility index (Phi) is 4.52. The van der Waals surface area contributed by atoms with Crippen molar-refractivity contribution in [1.29, 1.82) is 0 Å². The Morgan fingerprint density at radius 2 is 1.85 bits per heavy atom. The second-order valence-electron chi connectivity index (χ2n) is 5.57. The number of benzene rings is 1. The van der Waals surface area contributed by atoms with Crippen molar-refractivity contribution in [3.05, 3.63) is 29.8 Å². The van der Waals surface area contributed by atoms with Crippen LogP contribution in [0.15, 0.2) is 29.2 Å². The first-order valence-electron chi connectivity index (χ1n) is 6.60. The number of hydrogen-bond acceptors (Lipinski definition) is 3. The van der Waals surface area contributed by atoms with Gasteiger partial charge in [-0.25, -0.2) is 8.42 Å². The number of sulfonamides is 1. The van der Waals surface area contributed by atoms with Crippen LogP contribution in [-0.2, 0) is 10.0 Å². The molecule has 0 aromatic heterocycles. The van der Waals surface area contributed by atoms with Gasteiger partial charge in [0.2, 0.25) is 10.0 Å². The van der Waals surface area contributed by atoms with E-state index in [0.717, 1.165) is 6.42 Å². The normalized spacial score (nSPS) is 24.6. The van der Waals surface area contributed by atoms with E-state index in [9.17, 15) is 13.2 Å². The molecule has 0 N–H and O–H groups in total. The van der Waals surface area contributed by atoms with E-state index in [4.69, 9.17) is 11.6 Å². The number of nitrogens with zero attached hydrogens (tertiary/aromatic N) is 1. The average Bonchev–Trinajstić information content (AvgIpc) is 2.37. The summed E-state index contributed by atoms with van der Waals surface area (Å²) in [4.78, 5) is 11.3. The van der Waals surface area contributed by atoms with E-state index in [-0.39, 0.29) is 10.5 Å². The van der Waals surface area contributed by atoms with Gasteiger partial charge < -0.3 is 0 Å². The maximum Gasteiger partial charge on any atom is 0.252 e. The highest BCUT2D eigenvalue weighted by molar-refractivity contribution is 7.89. The highest BCUT2D eigenvalue weighted by atomic mass is 35.5. The van der Waals surface area contributed by atoms with Crippen molar-refractivity contribution in [2.75, 3.05) is 13.1 Å². The lowest BCUT2D eigenvalue weighted by Gasteiger charge is -2.34. The zero-order chi connectivity index (χ0) is 14.9. The maximum absolute atomic E-state index is 12.6. The minimum Gasteiger partial charge on any atom is -0.276 e. The quantitative estimate of drug-likeness (QED) is 0.806. The molecule has 1 fully saturated rings. The molecule has 0 amide bonds. The van der Waals surface area contributed by atoms with E-state index >= 15 is 0 Å². The summed E-state index contributed by atoms with van der Waals surface area (Å²) in [6.45, 7) is 5.14. The summed E-state index contributed by atoms with van der Waals surface area (Å²) >= 11 is 5.41. The maximum atomic E-state index is 12.6. The highest BCUT2D eigenvalue weighted by Gasteiger charge is 2.31. The van der Waals surface area contributed by atoms with Crippen LogP contribution in [0.25, 0.3) is 0 Å². The molecule has 2 atom stereocenters. The zero-order valence-electron chi connectivity index (χ0n) is 11.5. The Labute approximate surface area is 124 Å². The smallest absolute Gasteiger partial charge is 0.252 e. The van der Waals surface area contributed by atoms with Gasteiger partial charge in [-0.1, -0.05) is 26.0 Å². The summed E-state index contributed by atoms with van der Waals surface area (Å²) in [6.07, 6.45) is 1.03. The van der Waals surface area contributed by atoms with E-state index in [1.165, 1.54) is 22.5 Å². The van der Waals surface area contributed by atoms with Crippen molar-refractivity contribution in [3.8, 4) is 0 Å². The minimum atomic E-state index is -3.56. The molecule has 0 aliphatic carbocycles. The Morgan fingerprint density at radius 1 is 1.25 bits per heavy atom. The summed E-state index contributed by atoms with van der Waals surface area (Å²) < 4.78 is 26.8. The molecule has 1 aliphatic rings. The molecule has 1 heterocycles. The molecular weight excluding hydrogens is 298 g/mol. The first-order chi connectivity index (χ1) is 9.30. The van der Waals surface area contributed by atoms with E-state index in [1.807, 2.05) is 0 Å². The Bertz CT molecular complexity index is 605. The number of piperidine rings is 1. The van der Waals surface area contributed by atoms with Crippen LogP contribution < -0.4 is 0 Å². The zero-order valence-corrected chi connectivity index (χ0v) is 13.1. The van der Waals surface area contributed by atoms with Crippen molar-refractivity contribution in [1.82, 2.24) is 4.31 Å². The molecule has 6 heteroatoms. The third kappa shape index (κ3) is 3.22. The average molecular weight is 316 g/mol.